The van der Waals surface area contributed by atoms with Crippen LogP contribution in [0, 0.1) is 0 Å². The second-order valence-corrected chi connectivity index (χ2v) is 6.31. The molecular formula is C19H22N6O3. The molecule has 0 amide bonds. The highest BCUT2D eigenvalue weighted by Crippen LogP contribution is 2.36. The van der Waals surface area contributed by atoms with Gasteiger partial charge in [-0.1, -0.05) is 0 Å². The molecule has 0 aliphatic carbocycles. The molecule has 0 atom stereocenters. The molecule has 9 heteroatoms. The number of pyridine rings is 1. The van der Waals surface area contributed by atoms with Gasteiger partial charge in [-0.05, 0) is 12.5 Å². The smallest absolute Gasteiger partial charge is 0.157 e. The molecular weight excluding hydrogens is 360 g/mol. The molecule has 0 bridgehead atoms. The van der Waals surface area contributed by atoms with Crippen LogP contribution in [0.5, 0.6) is 11.5 Å². The van der Waals surface area contributed by atoms with Gasteiger partial charge in [-0.2, -0.15) is 10.2 Å². The van der Waals surface area contributed by atoms with Crippen LogP contribution in [0.4, 0.5) is 11.5 Å². The van der Waals surface area contributed by atoms with Crippen LogP contribution in [0.2, 0.25) is 0 Å². The molecule has 0 spiro atoms. The van der Waals surface area contributed by atoms with E-state index in [2.05, 4.69) is 20.6 Å². The van der Waals surface area contributed by atoms with Crippen LogP contribution in [0.3, 0.4) is 0 Å². The molecule has 0 saturated heterocycles. The van der Waals surface area contributed by atoms with Crippen LogP contribution in [0.25, 0.3) is 21.8 Å². The Balaban J connectivity index is 1.73. The molecule has 4 aromatic rings. The zero-order valence-electron chi connectivity index (χ0n) is 16.0. The second-order valence-electron chi connectivity index (χ2n) is 6.31. The molecule has 0 unspecified atom stereocenters. The number of nitrogens with zero attached hydrogens (tertiary/aromatic N) is 4. The minimum Gasteiger partial charge on any atom is -0.497 e. The quantitative estimate of drug-likeness (QED) is 0.452. The Morgan fingerprint density at radius 3 is 2.79 bits per heavy atom. The van der Waals surface area contributed by atoms with Gasteiger partial charge in [0.05, 0.1) is 32.3 Å². The number of hydrogen-bond donors (Lipinski definition) is 2. The lowest BCUT2D eigenvalue weighted by Gasteiger charge is -2.11. The van der Waals surface area contributed by atoms with E-state index in [-0.39, 0.29) is 0 Å². The highest BCUT2D eigenvalue weighted by molar-refractivity contribution is 6.10. The molecule has 2 N–H and O–H groups in total. The first-order valence-electron chi connectivity index (χ1n) is 8.90. The van der Waals surface area contributed by atoms with Crippen molar-refractivity contribution in [2.45, 2.75) is 13.0 Å². The minimum absolute atomic E-state index is 0.635. The normalized spacial score (nSPS) is 11.2. The van der Waals surface area contributed by atoms with Gasteiger partial charge in [0.25, 0.3) is 0 Å². The van der Waals surface area contributed by atoms with Gasteiger partial charge < -0.3 is 19.5 Å². The van der Waals surface area contributed by atoms with Crippen molar-refractivity contribution < 1.29 is 14.2 Å². The summed E-state index contributed by atoms with van der Waals surface area (Å²) in [7, 11) is 4.94. The van der Waals surface area contributed by atoms with Crippen LogP contribution in [0.15, 0.2) is 30.7 Å². The van der Waals surface area contributed by atoms with Gasteiger partial charge in [0.15, 0.2) is 5.82 Å². The number of fused-ring (bicyclic) bond motifs is 3. The molecule has 3 heterocycles. The van der Waals surface area contributed by atoms with Crippen LogP contribution in [-0.4, -0.2) is 52.9 Å². The summed E-state index contributed by atoms with van der Waals surface area (Å²) in [5.41, 5.74) is 2.37. The summed E-state index contributed by atoms with van der Waals surface area (Å²) in [6, 6.07) is 3.75. The Kier molecular flexibility index (Phi) is 4.98. The van der Waals surface area contributed by atoms with Crippen LogP contribution in [-0.2, 0) is 11.3 Å². The fourth-order valence-electron chi connectivity index (χ4n) is 3.16. The topological polar surface area (TPSA) is 99.1 Å². The molecule has 0 aliphatic rings. The first-order chi connectivity index (χ1) is 13.7. The summed E-state index contributed by atoms with van der Waals surface area (Å²) in [6.07, 6.45) is 6.38. The summed E-state index contributed by atoms with van der Waals surface area (Å²) < 4.78 is 17.9. The van der Waals surface area contributed by atoms with Crippen molar-refractivity contribution in [1.82, 2.24) is 25.0 Å². The van der Waals surface area contributed by atoms with Gasteiger partial charge in [0.1, 0.15) is 22.5 Å². The summed E-state index contributed by atoms with van der Waals surface area (Å²) in [5.74, 6) is 1.99. The predicted molar refractivity (Wildman–Crippen MR) is 107 cm³/mol. The van der Waals surface area contributed by atoms with E-state index in [9.17, 15) is 0 Å². The number of rotatable bonds is 8. The van der Waals surface area contributed by atoms with Gasteiger partial charge in [0, 0.05) is 43.3 Å². The van der Waals surface area contributed by atoms with E-state index in [0.717, 1.165) is 40.5 Å². The average molecular weight is 382 g/mol. The third kappa shape index (κ3) is 3.31. The maximum Gasteiger partial charge on any atom is 0.157 e. The third-order valence-corrected chi connectivity index (χ3v) is 4.53. The van der Waals surface area contributed by atoms with E-state index in [1.54, 1.807) is 33.7 Å². The van der Waals surface area contributed by atoms with Gasteiger partial charge in [-0.15, -0.1) is 0 Å². The second kappa shape index (κ2) is 7.73. The average Bonchev–Trinajstić information content (AvgIpc) is 3.37. The highest BCUT2D eigenvalue weighted by Gasteiger charge is 2.16. The molecule has 4 rings (SSSR count). The van der Waals surface area contributed by atoms with Crippen molar-refractivity contribution in [3.63, 3.8) is 0 Å². The van der Waals surface area contributed by atoms with E-state index >= 15 is 0 Å². The summed E-state index contributed by atoms with van der Waals surface area (Å²) >= 11 is 0. The third-order valence-electron chi connectivity index (χ3n) is 4.53. The molecule has 0 fully saturated rings. The van der Waals surface area contributed by atoms with Crippen LogP contribution < -0.4 is 14.8 Å². The Labute approximate surface area is 161 Å². The van der Waals surface area contributed by atoms with Crippen molar-refractivity contribution in [2.24, 2.45) is 0 Å². The van der Waals surface area contributed by atoms with E-state index < -0.39 is 0 Å². The predicted octanol–water partition coefficient (Wildman–Crippen LogP) is 3.10. The fourth-order valence-corrected chi connectivity index (χ4v) is 3.16. The summed E-state index contributed by atoms with van der Waals surface area (Å²) in [4.78, 5) is 4.78. The number of anilines is 2. The Bertz CT molecular complexity index is 1100. The van der Waals surface area contributed by atoms with Crippen molar-refractivity contribution in [1.29, 1.82) is 0 Å². The molecule has 28 heavy (non-hydrogen) atoms. The number of aromatic nitrogens is 5. The number of ether oxygens (including phenoxy) is 3. The lowest BCUT2D eigenvalue weighted by Crippen LogP contribution is -2.01. The number of aryl methyl sites for hydroxylation is 1. The Hall–Kier alpha value is -3.33. The first kappa shape index (κ1) is 18.1. The fraction of sp³-hybridized carbons (Fsp3) is 0.316. The molecule has 1 aromatic carbocycles. The molecule has 3 aromatic heterocycles. The lowest BCUT2D eigenvalue weighted by atomic mass is 10.1. The lowest BCUT2D eigenvalue weighted by molar-refractivity contribution is 0.189. The maximum absolute atomic E-state index is 5.53. The molecule has 146 valence electrons. The number of aromatic amines is 1. The molecule has 0 radical (unpaired) electrons. The van der Waals surface area contributed by atoms with Crippen molar-refractivity contribution in [3.05, 3.63) is 30.7 Å². The van der Waals surface area contributed by atoms with E-state index in [0.29, 0.717) is 23.9 Å². The largest absolute Gasteiger partial charge is 0.497 e. The zero-order valence-corrected chi connectivity index (χ0v) is 16.0. The minimum atomic E-state index is 0.635. The monoisotopic (exact) mass is 382 g/mol. The SMILES string of the molecule is COCCCn1cc(Nc2nc3c(OC)cc(OC)cc3c3cn[nH]c23)cn1. The van der Waals surface area contributed by atoms with E-state index in [1.165, 1.54) is 0 Å². The molecule has 0 saturated carbocycles. The number of benzene rings is 1. The number of hydrogen-bond acceptors (Lipinski definition) is 7. The maximum atomic E-state index is 5.53. The van der Waals surface area contributed by atoms with Gasteiger partial charge in [0.2, 0.25) is 0 Å². The summed E-state index contributed by atoms with van der Waals surface area (Å²) in [5, 5.41) is 16.8. The number of nitrogens with one attached hydrogen (secondary N) is 2. The van der Waals surface area contributed by atoms with Crippen molar-refractivity contribution in [3.8, 4) is 11.5 Å². The van der Waals surface area contributed by atoms with Gasteiger partial charge in [-0.3, -0.25) is 9.78 Å². The van der Waals surface area contributed by atoms with E-state index in [1.807, 2.05) is 23.0 Å². The number of H-pyrrole nitrogens is 1. The Morgan fingerprint density at radius 1 is 1.11 bits per heavy atom. The van der Waals surface area contributed by atoms with Crippen LogP contribution >= 0.6 is 0 Å². The van der Waals surface area contributed by atoms with Crippen molar-refractivity contribution in [2.75, 3.05) is 33.3 Å². The molecule has 9 nitrogen and oxygen atoms in total. The van der Waals surface area contributed by atoms with Gasteiger partial charge >= 0.3 is 0 Å². The van der Waals surface area contributed by atoms with Crippen LogP contribution in [0.1, 0.15) is 6.42 Å². The molecule has 0 aliphatic heterocycles. The van der Waals surface area contributed by atoms with Gasteiger partial charge in [-0.25, -0.2) is 4.98 Å². The van der Waals surface area contributed by atoms with Crippen molar-refractivity contribution >= 4 is 33.3 Å². The highest BCUT2D eigenvalue weighted by atomic mass is 16.5. The standard InChI is InChI=1S/C19H22N6O3/c1-26-6-4-5-25-11-12(9-21-25)22-19-18-15(10-20-24-18)14-7-13(27-2)8-16(28-3)17(14)23-19/h7-11H,4-6H2,1-3H3,(H,20,24)(H,22,23). The summed E-state index contributed by atoms with van der Waals surface area (Å²) in [6.45, 7) is 1.49. The Morgan fingerprint density at radius 2 is 2.00 bits per heavy atom. The zero-order chi connectivity index (χ0) is 19.5. The number of methoxy groups -OCH3 is 3. The first-order valence-corrected chi connectivity index (χ1v) is 8.90. The van der Waals surface area contributed by atoms with E-state index in [4.69, 9.17) is 19.2 Å².